The zero-order chi connectivity index (χ0) is 13.3. The Kier molecular flexibility index (Phi) is 3.59. The van der Waals surface area contributed by atoms with Crippen LogP contribution in [0.5, 0.6) is 0 Å². The third-order valence-corrected chi connectivity index (χ3v) is 2.94. The largest absolute Gasteiger partial charge is 0.320 e. The Morgan fingerprint density at radius 2 is 1.67 bits per heavy atom. The molecule has 2 aromatic carbocycles. The van der Waals surface area contributed by atoms with Crippen LogP contribution in [0.4, 0.5) is 13.2 Å². The highest BCUT2D eigenvalue weighted by Crippen LogP contribution is 2.29. The first-order valence-corrected chi connectivity index (χ1v) is 5.53. The first kappa shape index (κ1) is 12.9. The lowest BCUT2D eigenvalue weighted by molar-refractivity contribution is 0.506. The Labute approximate surface area is 107 Å². The van der Waals surface area contributed by atoms with Gasteiger partial charge >= 0.3 is 0 Å². The second-order valence-electron chi connectivity index (χ2n) is 3.79. The summed E-state index contributed by atoms with van der Waals surface area (Å²) in [7, 11) is 0. The van der Waals surface area contributed by atoms with Crippen molar-refractivity contribution in [3.05, 3.63) is 70.0 Å². The van der Waals surface area contributed by atoms with E-state index in [4.69, 9.17) is 17.3 Å². The molecular weight excluding hydrogens is 263 g/mol. The van der Waals surface area contributed by atoms with E-state index in [-0.39, 0.29) is 16.1 Å². The third-order valence-electron chi connectivity index (χ3n) is 2.61. The molecule has 0 aliphatic heterocycles. The molecule has 0 saturated carbocycles. The molecule has 1 atom stereocenters. The van der Waals surface area contributed by atoms with Gasteiger partial charge in [0, 0.05) is 10.6 Å². The molecule has 2 N–H and O–H groups in total. The van der Waals surface area contributed by atoms with Crippen LogP contribution in [0.3, 0.4) is 0 Å². The van der Waals surface area contributed by atoms with Crippen molar-refractivity contribution in [3.63, 3.8) is 0 Å². The van der Waals surface area contributed by atoms with Gasteiger partial charge in [-0.3, -0.25) is 0 Å². The molecule has 5 heteroatoms. The van der Waals surface area contributed by atoms with Crippen molar-refractivity contribution < 1.29 is 13.2 Å². The maximum absolute atomic E-state index is 13.6. The zero-order valence-corrected chi connectivity index (χ0v) is 9.89. The Morgan fingerprint density at radius 3 is 2.28 bits per heavy atom. The van der Waals surface area contributed by atoms with Gasteiger partial charge in [0.1, 0.15) is 5.82 Å². The van der Waals surface area contributed by atoms with Crippen LogP contribution >= 0.6 is 11.6 Å². The molecule has 0 saturated heterocycles. The molecule has 0 aromatic heterocycles. The minimum absolute atomic E-state index is 0.0603. The summed E-state index contributed by atoms with van der Waals surface area (Å²) >= 11 is 5.86. The van der Waals surface area contributed by atoms with E-state index in [1.807, 2.05) is 0 Å². The Morgan fingerprint density at radius 1 is 0.944 bits per heavy atom. The monoisotopic (exact) mass is 271 g/mol. The van der Waals surface area contributed by atoms with Crippen molar-refractivity contribution in [2.45, 2.75) is 6.04 Å². The highest BCUT2D eigenvalue weighted by atomic mass is 35.5. The summed E-state index contributed by atoms with van der Waals surface area (Å²) in [6, 6.07) is 6.36. The standard InChI is InChI=1S/C13H9ClF3N/c14-8-2-1-3-10(16)12(8)13(18)7-4-5-9(15)11(17)6-7/h1-6,13H,18H2. The summed E-state index contributed by atoms with van der Waals surface area (Å²) in [6.07, 6.45) is 0. The topological polar surface area (TPSA) is 26.0 Å². The van der Waals surface area contributed by atoms with Gasteiger partial charge in [-0.15, -0.1) is 0 Å². The summed E-state index contributed by atoms with van der Waals surface area (Å²) in [6.45, 7) is 0. The SMILES string of the molecule is NC(c1ccc(F)c(F)c1)c1c(F)cccc1Cl. The van der Waals surface area contributed by atoms with E-state index in [2.05, 4.69) is 0 Å². The molecule has 1 nitrogen and oxygen atoms in total. The number of halogens is 4. The molecule has 0 spiro atoms. The first-order valence-electron chi connectivity index (χ1n) is 5.15. The lowest BCUT2D eigenvalue weighted by Crippen LogP contribution is -2.14. The first-order chi connectivity index (χ1) is 8.50. The quantitative estimate of drug-likeness (QED) is 0.883. The van der Waals surface area contributed by atoms with Gasteiger partial charge in [-0.25, -0.2) is 13.2 Å². The van der Waals surface area contributed by atoms with Crippen LogP contribution in [0.25, 0.3) is 0 Å². The zero-order valence-electron chi connectivity index (χ0n) is 9.13. The molecule has 0 amide bonds. The maximum Gasteiger partial charge on any atom is 0.159 e. The van der Waals surface area contributed by atoms with Crippen molar-refractivity contribution in [1.82, 2.24) is 0 Å². The van der Waals surface area contributed by atoms with Crippen molar-refractivity contribution in [2.75, 3.05) is 0 Å². The van der Waals surface area contributed by atoms with Gasteiger partial charge < -0.3 is 5.73 Å². The van der Waals surface area contributed by atoms with Gasteiger partial charge in [-0.2, -0.15) is 0 Å². The third kappa shape index (κ3) is 2.35. The van der Waals surface area contributed by atoms with E-state index in [9.17, 15) is 13.2 Å². The van der Waals surface area contributed by atoms with Gasteiger partial charge in [0.25, 0.3) is 0 Å². The van der Waals surface area contributed by atoms with Crippen molar-refractivity contribution in [2.24, 2.45) is 5.73 Å². The molecule has 2 rings (SSSR count). The van der Waals surface area contributed by atoms with Gasteiger partial charge in [-0.1, -0.05) is 23.7 Å². The van der Waals surface area contributed by atoms with Crippen LogP contribution in [0.15, 0.2) is 36.4 Å². The minimum Gasteiger partial charge on any atom is -0.320 e. The van der Waals surface area contributed by atoms with Crippen LogP contribution in [-0.2, 0) is 0 Å². The molecule has 0 heterocycles. The van der Waals surface area contributed by atoms with Crippen molar-refractivity contribution in [3.8, 4) is 0 Å². The molecule has 0 aliphatic carbocycles. The predicted octanol–water partition coefficient (Wildman–Crippen LogP) is 3.81. The number of rotatable bonds is 2. The lowest BCUT2D eigenvalue weighted by atomic mass is 9.99. The van der Waals surface area contributed by atoms with E-state index in [0.29, 0.717) is 0 Å². The van der Waals surface area contributed by atoms with E-state index in [0.717, 1.165) is 12.1 Å². The smallest absolute Gasteiger partial charge is 0.159 e. The second kappa shape index (κ2) is 5.00. The number of nitrogens with two attached hydrogens (primary N) is 1. The second-order valence-corrected chi connectivity index (χ2v) is 4.19. The lowest BCUT2D eigenvalue weighted by Gasteiger charge is -2.15. The summed E-state index contributed by atoms with van der Waals surface area (Å²) in [5, 5.41) is 0.146. The molecule has 2 aromatic rings. The maximum atomic E-state index is 13.6. The van der Waals surface area contributed by atoms with Gasteiger partial charge in [-0.05, 0) is 29.8 Å². The van der Waals surface area contributed by atoms with Crippen molar-refractivity contribution >= 4 is 11.6 Å². The predicted molar refractivity (Wildman–Crippen MR) is 63.8 cm³/mol. The molecule has 1 unspecified atom stereocenters. The van der Waals surface area contributed by atoms with Crippen LogP contribution in [0.2, 0.25) is 5.02 Å². The fraction of sp³-hybridized carbons (Fsp3) is 0.0769. The Bertz CT molecular complexity index is 566. The average Bonchev–Trinajstić information content (AvgIpc) is 2.32. The van der Waals surface area contributed by atoms with E-state index in [1.165, 1.54) is 24.3 Å². The van der Waals surface area contributed by atoms with Crippen LogP contribution in [0, 0.1) is 17.5 Å². The molecule has 0 bridgehead atoms. The van der Waals surface area contributed by atoms with Crippen LogP contribution in [0.1, 0.15) is 17.2 Å². The molecule has 94 valence electrons. The minimum atomic E-state index is -1.03. The Hall–Kier alpha value is -1.52. The fourth-order valence-corrected chi connectivity index (χ4v) is 1.96. The summed E-state index contributed by atoms with van der Waals surface area (Å²) < 4.78 is 39.5. The number of hydrogen-bond acceptors (Lipinski definition) is 1. The fourth-order valence-electron chi connectivity index (χ4n) is 1.68. The van der Waals surface area contributed by atoms with Crippen molar-refractivity contribution in [1.29, 1.82) is 0 Å². The number of benzene rings is 2. The highest BCUT2D eigenvalue weighted by Gasteiger charge is 2.18. The van der Waals surface area contributed by atoms with E-state index < -0.39 is 23.5 Å². The van der Waals surface area contributed by atoms with Crippen LogP contribution in [-0.4, -0.2) is 0 Å². The van der Waals surface area contributed by atoms with Gasteiger partial charge in [0.2, 0.25) is 0 Å². The normalized spacial score (nSPS) is 12.5. The average molecular weight is 272 g/mol. The molecular formula is C13H9ClF3N. The molecule has 0 radical (unpaired) electrons. The summed E-state index contributed by atoms with van der Waals surface area (Å²) in [5.74, 6) is -2.60. The van der Waals surface area contributed by atoms with Gasteiger partial charge in [0.05, 0.1) is 6.04 Å². The summed E-state index contributed by atoms with van der Waals surface area (Å²) in [5.41, 5.74) is 6.13. The van der Waals surface area contributed by atoms with E-state index in [1.54, 1.807) is 0 Å². The van der Waals surface area contributed by atoms with E-state index >= 15 is 0 Å². The highest BCUT2D eigenvalue weighted by molar-refractivity contribution is 6.31. The molecule has 18 heavy (non-hydrogen) atoms. The van der Waals surface area contributed by atoms with Crippen LogP contribution < -0.4 is 5.73 Å². The summed E-state index contributed by atoms with van der Waals surface area (Å²) in [4.78, 5) is 0. The Balaban J connectivity index is 2.48. The number of hydrogen-bond donors (Lipinski definition) is 1. The van der Waals surface area contributed by atoms with Gasteiger partial charge in [0.15, 0.2) is 11.6 Å². The molecule has 0 aliphatic rings. The molecule has 0 fully saturated rings.